The Kier molecular flexibility index (Phi) is 12.5. The number of hydrogen-bond acceptors (Lipinski definition) is 9. The Morgan fingerprint density at radius 3 is 1.27 bits per heavy atom. The summed E-state index contributed by atoms with van der Waals surface area (Å²) in [5, 5.41) is 39.7. The minimum absolute atomic E-state index is 0. The van der Waals surface area contributed by atoms with Crippen molar-refractivity contribution in [1.82, 2.24) is 30.0 Å². The van der Waals surface area contributed by atoms with Gasteiger partial charge in [0.15, 0.2) is 0 Å². The van der Waals surface area contributed by atoms with Crippen molar-refractivity contribution in [1.29, 1.82) is 0 Å². The van der Waals surface area contributed by atoms with Crippen LogP contribution < -0.4 is 9.80 Å². The van der Waals surface area contributed by atoms with Crippen LogP contribution in [0.3, 0.4) is 0 Å². The van der Waals surface area contributed by atoms with Crippen LogP contribution in [0.2, 0.25) is 0 Å². The molecule has 8 aromatic rings. The van der Waals surface area contributed by atoms with Gasteiger partial charge in [-0.25, -0.2) is 0 Å². The lowest BCUT2D eigenvalue weighted by Crippen LogP contribution is -2.17. The van der Waals surface area contributed by atoms with E-state index in [1.54, 1.807) is 12.1 Å². The lowest BCUT2D eigenvalue weighted by atomic mass is 10.1. The van der Waals surface area contributed by atoms with E-state index in [4.69, 9.17) is 0 Å². The van der Waals surface area contributed by atoms with Crippen LogP contribution >= 0.6 is 0 Å². The zero-order valence-electron chi connectivity index (χ0n) is 30.5. The smallest absolute Gasteiger partial charge is 0.150 e. The molecule has 0 bridgehead atoms. The third kappa shape index (κ3) is 8.68. The van der Waals surface area contributed by atoms with E-state index in [-0.39, 0.29) is 26.4 Å². The van der Waals surface area contributed by atoms with E-state index in [0.717, 1.165) is 62.0 Å². The first kappa shape index (κ1) is 40.2. The number of aryl methyl sites for hydroxylation is 2. The molecule has 0 unspecified atom stereocenters. The summed E-state index contributed by atoms with van der Waals surface area (Å²) >= 11 is 0. The summed E-state index contributed by atoms with van der Waals surface area (Å²) in [5.41, 5.74) is 10.7. The standard InChI is InChI=1S/C22H20N4O2.C21H20N4O.2CH4/c1-15-11-17(13-25(2)18-9-7-16(14-27)8-10-18)22(28)21(12-15)26-23-19-5-3-4-6-20(19)24-26;1-15-12-16(14-24(2)17-8-4-3-5-9-17)21(26)20(13-15)25-22-18-10-6-7-11-19(18)23-25;;/h3-12,14,28H,13H2,1-2H3;3-13,26H,14H2,1-2H3;2*1H4. The third-order valence-electron chi connectivity index (χ3n) is 9.11. The van der Waals surface area contributed by atoms with Crippen LogP contribution in [0.1, 0.15) is 47.5 Å². The number of aldehydes is 1. The predicted octanol–water partition coefficient (Wildman–Crippen LogP) is 9.23. The van der Waals surface area contributed by atoms with Crippen molar-refractivity contribution in [2.24, 2.45) is 0 Å². The van der Waals surface area contributed by atoms with E-state index < -0.39 is 0 Å². The molecule has 0 aliphatic carbocycles. The maximum Gasteiger partial charge on any atom is 0.150 e. The number of aromatic hydroxyl groups is 2. The number of aromatic nitrogens is 6. The van der Waals surface area contributed by atoms with Crippen LogP contribution in [0.4, 0.5) is 11.4 Å². The molecular formula is C45H48N8O3. The van der Waals surface area contributed by atoms with Crippen LogP contribution in [0.25, 0.3) is 33.4 Å². The average molecular weight is 749 g/mol. The van der Waals surface area contributed by atoms with E-state index in [2.05, 4.69) is 37.4 Å². The highest BCUT2D eigenvalue weighted by atomic mass is 16.3. The van der Waals surface area contributed by atoms with Crippen LogP contribution in [-0.2, 0) is 13.1 Å². The number of carbonyl (C=O) groups is 1. The van der Waals surface area contributed by atoms with Crippen molar-refractivity contribution in [2.45, 2.75) is 41.8 Å². The van der Waals surface area contributed by atoms with Gasteiger partial charge in [0.25, 0.3) is 0 Å². The summed E-state index contributed by atoms with van der Waals surface area (Å²) < 4.78 is 0. The number of phenolic OH excluding ortho intramolecular Hbond substituents is 2. The minimum Gasteiger partial charge on any atom is -0.505 e. The molecule has 0 fully saturated rings. The predicted molar refractivity (Wildman–Crippen MR) is 226 cm³/mol. The molecule has 0 amide bonds. The third-order valence-corrected chi connectivity index (χ3v) is 9.11. The van der Waals surface area contributed by atoms with Gasteiger partial charge in [0.2, 0.25) is 0 Å². The normalized spacial score (nSPS) is 10.6. The average Bonchev–Trinajstić information content (AvgIpc) is 3.83. The molecule has 2 aromatic heterocycles. The lowest BCUT2D eigenvalue weighted by molar-refractivity contribution is 0.112. The quantitative estimate of drug-likeness (QED) is 0.139. The molecule has 0 aliphatic heterocycles. The second kappa shape index (κ2) is 17.4. The van der Waals surface area contributed by atoms with Gasteiger partial charge in [0.1, 0.15) is 51.2 Å². The zero-order chi connectivity index (χ0) is 37.8. The number of nitrogens with zero attached hydrogens (tertiary/aromatic N) is 8. The number of hydrogen-bond donors (Lipinski definition) is 2. The second-order valence-corrected chi connectivity index (χ2v) is 13.3. The Bertz CT molecular complexity index is 2500. The molecule has 2 N–H and O–H groups in total. The van der Waals surface area contributed by atoms with Crippen LogP contribution in [-0.4, -0.2) is 60.6 Å². The van der Waals surface area contributed by atoms with Gasteiger partial charge in [-0.2, -0.15) is 0 Å². The first-order chi connectivity index (χ1) is 26.2. The number of para-hydroxylation sites is 1. The van der Waals surface area contributed by atoms with Gasteiger partial charge in [-0.3, -0.25) is 4.79 Å². The SMILES string of the molecule is C.C.Cc1cc(CN(C)c2ccc(C=O)cc2)c(O)c(-n2nc3ccccc3n2)c1.Cc1cc(CN(C)c2ccccc2)c(O)c(-n2nc3ccccc3n2)c1. The molecule has 11 heteroatoms. The summed E-state index contributed by atoms with van der Waals surface area (Å²) in [4.78, 5) is 17.9. The summed E-state index contributed by atoms with van der Waals surface area (Å²) in [5.74, 6) is 0.362. The molecule has 286 valence electrons. The Labute approximate surface area is 327 Å². The van der Waals surface area contributed by atoms with E-state index >= 15 is 0 Å². The van der Waals surface area contributed by atoms with E-state index in [1.165, 1.54) is 9.59 Å². The van der Waals surface area contributed by atoms with Gasteiger partial charge in [0, 0.05) is 55.2 Å². The van der Waals surface area contributed by atoms with Gasteiger partial charge in [-0.1, -0.05) is 69.5 Å². The molecule has 0 saturated carbocycles. The fraction of sp³-hybridized carbons (Fsp3) is 0.178. The minimum atomic E-state index is 0. The molecule has 6 aromatic carbocycles. The van der Waals surface area contributed by atoms with E-state index in [9.17, 15) is 15.0 Å². The van der Waals surface area contributed by atoms with Crippen LogP contribution in [0, 0.1) is 13.8 Å². The van der Waals surface area contributed by atoms with Gasteiger partial charge < -0.3 is 20.0 Å². The molecule has 11 nitrogen and oxygen atoms in total. The fourth-order valence-electron chi connectivity index (χ4n) is 6.33. The van der Waals surface area contributed by atoms with Crippen molar-refractivity contribution in [3.05, 3.63) is 155 Å². The van der Waals surface area contributed by atoms with Crippen LogP contribution in [0.5, 0.6) is 11.5 Å². The van der Waals surface area contributed by atoms with Crippen LogP contribution in [0.15, 0.2) is 127 Å². The Balaban J connectivity index is 0.000000207. The molecule has 0 aliphatic rings. The summed E-state index contributed by atoms with van der Waals surface area (Å²) in [7, 11) is 3.95. The molecule has 8 rings (SSSR count). The van der Waals surface area contributed by atoms with Gasteiger partial charge in [-0.15, -0.1) is 30.0 Å². The first-order valence-corrected chi connectivity index (χ1v) is 17.5. The van der Waals surface area contributed by atoms with Gasteiger partial charge in [0.05, 0.1) is 0 Å². The van der Waals surface area contributed by atoms with Gasteiger partial charge in [-0.05, 0) is 97.8 Å². The highest BCUT2D eigenvalue weighted by Crippen LogP contribution is 2.31. The van der Waals surface area contributed by atoms with Crippen molar-refractivity contribution in [3.63, 3.8) is 0 Å². The Morgan fingerprint density at radius 2 is 0.893 bits per heavy atom. The number of fused-ring (bicyclic) bond motifs is 2. The molecule has 0 atom stereocenters. The number of phenols is 2. The first-order valence-electron chi connectivity index (χ1n) is 17.5. The van der Waals surface area contributed by atoms with Crippen molar-refractivity contribution < 1.29 is 15.0 Å². The number of rotatable bonds is 9. The Hall–Kier alpha value is -7.01. The number of anilines is 2. The molecule has 56 heavy (non-hydrogen) atoms. The van der Waals surface area contributed by atoms with Gasteiger partial charge >= 0.3 is 0 Å². The summed E-state index contributed by atoms with van der Waals surface area (Å²) in [6.45, 7) is 5.08. The van der Waals surface area contributed by atoms with Crippen molar-refractivity contribution in [2.75, 3.05) is 23.9 Å². The van der Waals surface area contributed by atoms with E-state index in [1.807, 2.05) is 136 Å². The highest BCUT2D eigenvalue weighted by Gasteiger charge is 2.17. The maximum absolute atomic E-state index is 10.9. The zero-order valence-corrected chi connectivity index (χ0v) is 30.5. The lowest BCUT2D eigenvalue weighted by Gasteiger charge is -2.21. The Morgan fingerprint density at radius 1 is 0.536 bits per heavy atom. The highest BCUT2D eigenvalue weighted by molar-refractivity contribution is 5.76. The van der Waals surface area contributed by atoms with Crippen molar-refractivity contribution >= 4 is 39.7 Å². The molecule has 0 spiro atoms. The summed E-state index contributed by atoms with van der Waals surface area (Å²) in [6.07, 6.45) is 0.823. The second-order valence-electron chi connectivity index (χ2n) is 13.3. The molecule has 2 heterocycles. The monoisotopic (exact) mass is 748 g/mol. The van der Waals surface area contributed by atoms with E-state index in [0.29, 0.717) is 30.0 Å². The fourth-order valence-corrected chi connectivity index (χ4v) is 6.33. The maximum atomic E-state index is 10.9. The molecule has 0 saturated heterocycles. The summed E-state index contributed by atoms with van der Waals surface area (Å²) in [6, 6.07) is 40.5. The molecular weight excluding hydrogens is 701 g/mol. The van der Waals surface area contributed by atoms with Crippen molar-refractivity contribution in [3.8, 4) is 22.9 Å². The topological polar surface area (TPSA) is 125 Å². The largest absolute Gasteiger partial charge is 0.505 e. The number of carbonyl (C=O) groups excluding carboxylic acids is 1. The number of benzene rings is 6. The molecule has 0 radical (unpaired) electrons.